The van der Waals surface area contributed by atoms with Crippen molar-refractivity contribution in [1.29, 1.82) is 0 Å². The molecule has 2 heterocycles. The third-order valence-electron chi connectivity index (χ3n) is 3.79. The van der Waals surface area contributed by atoms with E-state index >= 15 is 0 Å². The summed E-state index contributed by atoms with van der Waals surface area (Å²) in [4.78, 5) is 14.8. The zero-order valence-corrected chi connectivity index (χ0v) is 12.4. The van der Waals surface area contributed by atoms with E-state index in [-0.39, 0.29) is 10.6 Å². The maximum Gasteiger partial charge on any atom is 0.277 e. The number of anilines is 1. The molecule has 1 N–H and O–H groups in total. The molecule has 1 fully saturated rings. The van der Waals surface area contributed by atoms with E-state index in [0.717, 1.165) is 17.6 Å². The van der Waals surface area contributed by atoms with Crippen LogP contribution in [0.15, 0.2) is 30.6 Å². The van der Waals surface area contributed by atoms with Crippen molar-refractivity contribution in [2.45, 2.75) is 24.5 Å². The summed E-state index contributed by atoms with van der Waals surface area (Å²) in [7, 11) is 0. The van der Waals surface area contributed by atoms with Crippen LogP contribution < -0.4 is 5.32 Å². The summed E-state index contributed by atoms with van der Waals surface area (Å²) in [5.41, 5.74) is 1.06. The van der Waals surface area contributed by atoms with E-state index in [4.69, 9.17) is 0 Å². The third-order valence-corrected chi connectivity index (χ3v) is 5.18. The molecule has 0 amide bonds. The first-order valence-electron chi connectivity index (χ1n) is 7.12. The third kappa shape index (κ3) is 3.10. The van der Waals surface area contributed by atoms with Gasteiger partial charge in [-0.1, -0.05) is 6.42 Å². The van der Waals surface area contributed by atoms with Crippen LogP contribution >= 0.6 is 11.8 Å². The Balaban J connectivity index is 1.85. The highest BCUT2D eigenvalue weighted by atomic mass is 32.2. The topological polar surface area (TPSA) is 68.1 Å². The van der Waals surface area contributed by atoms with E-state index in [9.17, 15) is 10.1 Å². The van der Waals surface area contributed by atoms with Crippen LogP contribution in [-0.2, 0) is 0 Å². The first-order chi connectivity index (χ1) is 10.3. The van der Waals surface area contributed by atoms with E-state index in [1.54, 1.807) is 30.6 Å². The molecule has 21 heavy (non-hydrogen) atoms. The van der Waals surface area contributed by atoms with Crippen molar-refractivity contribution < 1.29 is 4.92 Å². The zero-order chi connectivity index (χ0) is 14.7. The van der Waals surface area contributed by atoms with Gasteiger partial charge in [-0.05, 0) is 30.7 Å². The number of hydrogen-bond donors (Lipinski definition) is 1. The molecule has 110 valence electrons. The minimum absolute atomic E-state index is 0.130. The number of aromatic nitrogens is 1. The summed E-state index contributed by atoms with van der Waals surface area (Å²) in [6.45, 7) is 0.895. The van der Waals surface area contributed by atoms with Crippen LogP contribution in [0.25, 0.3) is 10.8 Å². The molecule has 1 saturated heterocycles. The lowest BCUT2D eigenvalue weighted by Crippen LogP contribution is -2.20. The van der Waals surface area contributed by atoms with Gasteiger partial charge in [0.25, 0.3) is 5.69 Å². The van der Waals surface area contributed by atoms with Gasteiger partial charge in [0.05, 0.1) is 10.3 Å². The summed E-state index contributed by atoms with van der Waals surface area (Å²) in [5.74, 6) is 1.23. The van der Waals surface area contributed by atoms with Crippen molar-refractivity contribution in [2.75, 3.05) is 17.6 Å². The number of thioether (sulfide) groups is 1. The zero-order valence-electron chi connectivity index (χ0n) is 11.6. The Morgan fingerprint density at radius 2 is 2.24 bits per heavy atom. The van der Waals surface area contributed by atoms with Crippen LogP contribution in [0.4, 0.5) is 11.4 Å². The van der Waals surface area contributed by atoms with E-state index in [2.05, 4.69) is 10.3 Å². The Kier molecular flexibility index (Phi) is 4.24. The van der Waals surface area contributed by atoms with Gasteiger partial charge in [0.1, 0.15) is 0 Å². The van der Waals surface area contributed by atoms with Crippen LogP contribution in [-0.4, -0.2) is 27.5 Å². The van der Waals surface area contributed by atoms with Gasteiger partial charge in [0.15, 0.2) is 0 Å². The fraction of sp³-hybridized carbons (Fsp3) is 0.400. The summed E-state index contributed by atoms with van der Waals surface area (Å²) < 4.78 is 0. The lowest BCUT2D eigenvalue weighted by atomic mass is 10.1. The van der Waals surface area contributed by atoms with Gasteiger partial charge in [-0.2, -0.15) is 11.8 Å². The molecule has 0 radical (unpaired) electrons. The quantitative estimate of drug-likeness (QED) is 0.686. The smallest absolute Gasteiger partial charge is 0.277 e. The summed E-state index contributed by atoms with van der Waals surface area (Å²) in [6.07, 6.45) is 7.13. The lowest BCUT2D eigenvalue weighted by molar-refractivity contribution is -0.383. The Morgan fingerprint density at radius 3 is 3.00 bits per heavy atom. The van der Waals surface area contributed by atoms with Crippen LogP contribution in [0.2, 0.25) is 0 Å². The second-order valence-electron chi connectivity index (χ2n) is 5.18. The highest BCUT2D eigenvalue weighted by Crippen LogP contribution is 2.31. The Labute approximate surface area is 127 Å². The average molecular weight is 303 g/mol. The minimum Gasteiger partial charge on any atom is -0.383 e. The molecule has 0 bridgehead atoms. The lowest BCUT2D eigenvalue weighted by Gasteiger charge is -2.22. The Morgan fingerprint density at radius 1 is 1.33 bits per heavy atom. The van der Waals surface area contributed by atoms with Crippen molar-refractivity contribution in [2.24, 2.45) is 0 Å². The minimum atomic E-state index is -0.344. The number of fused-ring (bicyclic) bond motifs is 1. The summed E-state index contributed by atoms with van der Waals surface area (Å²) in [6, 6.07) is 5.06. The molecular formula is C15H17N3O2S. The molecule has 1 aromatic carbocycles. The van der Waals surface area contributed by atoms with Crippen LogP contribution in [0.3, 0.4) is 0 Å². The number of nitro groups is 1. The molecule has 0 aliphatic carbocycles. The number of rotatable bonds is 4. The first-order valence-corrected chi connectivity index (χ1v) is 8.17. The number of benzene rings is 1. The molecule has 1 aliphatic rings. The summed E-state index contributed by atoms with van der Waals surface area (Å²) in [5, 5.41) is 16.6. The predicted octanol–water partition coefficient (Wildman–Crippen LogP) is 3.84. The van der Waals surface area contributed by atoms with Crippen molar-refractivity contribution >= 4 is 33.9 Å². The van der Waals surface area contributed by atoms with E-state index < -0.39 is 0 Å². The van der Waals surface area contributed by atoms with E-state index in [0.29, 0.717) is 10.6 Å². The van der Waals surface area contributed by atoms with Crippen molar-refractivity contribution in [3.05, 3.63) is 40.7 Å². The van der Waals surface area contributed by atoms with Crippen molar-refractivity contribution in [1.82, 2.24) is 4.98 Å². The van der Waals surface area contributed by atoms with Gasteiger partial charge >= 0.3 is 0 Å². The van der Waals surface area contributed by atoms with Crippen molar-refractivity contribution in [3.63, 3.8) is 0 Å². The maximum absolute atomic E-state index is 11.1. The molecular weight excluding hydrogens is 286 g/mol. The number of nitro benzene ring substituents is 1. The van der Waals surface area contributed by atoms with Gasteiger partial charge in [-0.3, -0.25) is 15.1 Å². The van der Waals surface area contributed by atoms with Gasteiger partial charge in [-0.15, -0.1) is 0 Å². The van der Waals surface area contributed by atoms with Gasteiger partial charge in [-0.25, -0.2) is 0 Å². The average Bonchev–Trinajstić information content (AvgIpc) is 2.53. The molecule has 1 aliphatic heterocycles. The number of nitrogens with one attached hydrogen (secondary N) is 1. The number of non-ortho nitro benzene ring substituents is 1. The molecule has 2 aromatic rings. The highest BCUT2D eigenvalue weighted by Gasteiger charge is 2.16. The number of pyridine rings is 1. The number of nitrogens with zero attached hydrogens (tertiary/aromatic N) is 2. The molecule has 1 aromatic heterocycles. The van der Waals surface area contributed by atoms with E-state index in [1.807, 2.05) is 11.8 Å². The standard InChI is InChI=1S/C15H17N3O2S/c19-18(20)15-5-4-14(13-10-16-7-6-12(13)15)17-9-11-3-1-2-8-21-11/h4-7,10-11,17H,1-3,8-9H2. The summed E-state index contributed by atoms with van der Waals surface area (Å²) >= 11 is 2.01. The molecule has 3 rings (SSSR count). The normalized spacial score (nSPS) is 18.6. The molecule has 5 nitrogen and oxygen atoms in total. The molecule has 0 spiro atoms. The number of hydrogen-bond acceptors (Lipinski definition) is 5. The van der Waals surface area contributed by atoms with Gasteiger partial charge < -0.3 is 5.32 Å². The Bertz CT molecular complexity index is 656. The fourth-order valence-electron chi connectivity index (χ4n) is 2.68. The second-order valence-corrected chi connectivity index (χ2v) is 6.59. The van der Waals surface area contributed by atoms with Gasteiger partial charge in [0.2, 0.25) is 0 Å². The fourth-order valence-corrected chi connectivity index (χ4v) is 3.92. The van der Waals surface area contributed by atoms with Crippen molar-refractivity contribution in [3.8, 4) is 0 Å². The highest BCUT2D eigenvalue weighted by molar-refractivity contribution is 7.99. The molecule has 6 heteroatoms. The molecule has 1 unspecified atom stereocenters. The maximum atomic E-state index is 11.1. The largest absolute Gasteiger partial charge is 0.383 e. The van der Waals surface area contributed by atoms with Crippen LogP contribution in [0.1, 0.15) is 19.3 Å². The molecule has 1 atom stereocenters. The van der Waals surface area contributed by atoms with Crippen LogP contribution in [0.5, 0.6) is 0 Å². The predicted molar refractivity (Wildman–Crippen MR) is 87.0 cm³/mol. The second kappa shape index (κ2) is 6.30. The Hall–Kier alpha value is -1.82. The van der Waals surface area contributed by atoms with Gasteiger partial charge in [0, 0.05) is 41.3 Å². The van der Waals surface area contributed by atoms with E-state index in [1.165, 1.54) is 25.0 Å². The molecule has 0 saturated carbocycles. The first kappa shape index (κ1) is 14.1. The SMILES string of the molecule is O=[N+]([O-])c1ccc(NCC2CCCCS2)c2cnccc12. The monoisotopic (exact) mass is 303 g/mol. The van der Waals surface area contributed by atoms with Crippen LogP contribution in [0, 0.1) is 10.1 Å².